The Bertz CT molecular complexity index is 601. The van der Waals surface area contributed by atoms with Gasteiger partial charge in [0.1, 0.15) is 0 Å². The van der Waals surface area contributed by atoms with E-state index in [0.717, 1.165) is 52.0 Å². The number of nitrogens with one attached hydrogen (secondary N) is 1. The molecule has 1 N–H and O–H groups in total. The van der Waals surface area contributed by atoms with E-state index in [4.69, 9.17) is 17.4 Å². The first kappa shape index (κ1) is 19.7. The van der Waals surface area contributed by atoms with Gasteiger partial charge in [-0.2, -0.15) is 12.6 Å². The van der Waals surface area contributed by atoms with Gasteiger partial charge < -0.3 is 10.1 Å². The number of esters is 1. The summed E-state index contributed by atoms with van der Waals surface area (Å²) in [5.41, 5.74) is 2.74. The molecule has 0 spiro atoms. The van der Waals surface area contributed by atoms with Crippen LogP contribution in [0.5, 0.6) is 0 Å². The molecule has 3 rings (SSSR count). The lowest BCUT2D eigenvalue weighted by molar-refractivity contribution is -0.143. The fourth-order valence-electron chi connectivity index (χ4n) is 4.39. The van der Waals surface area contributed by atoms with E-state index in [0.29, 0.717) is 17.6 Å². The first-order chi connectivity index (χ1) is 12.5. The van der Waals surface area contributed by atoms with Crippen molar-refractivity contribution in [3.05, 3.63) is 35.4 Å². The van der Waals surface area contributed by atoms with Gasteiger partial charge in [0, 0.05) is 38.0 Å². The topological polar surface area (TPSA) is 41.6 Å². The third-order valence-corrected chi connectivity index (χ3v) is 6.66. The zero-order chi connectivity index (χ0) is 18.6. The molecular weight excluding hydrogens is 344 g/mol. The maximum absolute atomic E-state index is 11.8. The fourth-order valence-corrected chi connectivity index (χ4v) is 4.79. The second kappa shape index (κ2) is 8.77. The minimum atomic E-state index is -0.102. The number of rotatable bonds is 5. The number of methoxy groups -OCH3 is 1. The van der Waals surface area contributed by atoms with Crippen LogP contribution < -0.4 is 5.32 Å². The van der Waals surface area contributed by atoms with E-state index in [1.54, 1.807) is 0 Å². The number of ether oxygens (including phenoxy) is 1. The smallest absolute Gasteiger partial charge is 0.306 e. The quantitative estimate of drug-likeness (QED) is 0.612. The molecule has 1 aromatic carbocycles. The van der Waals surface area contributed by atoms with E-state index in [9.17, 15) is 4.79 Å². The summed E-state index contributed by atoms with van der Waals surface area (Å²) in [7, 11) is 1.48. The first-order valence-corrected chi connectivity index (χ1v) is 10.3. The second-order valence-electron chi connectivity index (χ2n) is 8.25. The van der Waals surface area contributed by atoms with Crippen LogP contribution in [0.2, 0.25) is 0 Å². The SMILES string of the molecule is COC(=O)C[C@]1(C)CCC(S)[C@H](c2ccc(CN3CCNCC3)cc2)C1. The van der Waals surface area contributed by atoms with E-state index in [-0.39, 0.29) is 11.4 Å². The summed E-state index contributed by atoms with van der Waals surface area (Å²) in [6, 6.07) is 9.08. The molecule has 0 bridgehead atoms. The van der Waals surface area contributed by atoms with Crippen LogP contribution in [-0.2, 0) is 16.1 Å². The molecular formula is C21H32N2O2S. The molecule has 2 fully saturated rings. The van der Waals surface area contributed by atoms with Crippen LogP contribution >= 0.6 is 12.6 Å². The van der Waals surface area contributed by atoms with Crippen molar-refractivity contribution >= 4 is 18.6 Å². The van der Waals surface area contributed by atoms with Crippen LogP contribution in [0, 0.1) is 5.41 Å². The van der Waals surface area contributed by atoms with E-state index < -0.39 is 0 Å². The summed E-state index contributed by atoms with van der Waals surface area (Å²) < 4.78 is 4.91. The Morgan fingerprint density at radius 3 is 2.65 bits per heavy atom. The van der Waals surface area contributed by atoms with Crippen molar-refractivity contribution in [2.75, 3.05) is 33.3 Å². The molecule has 5 heteroatoms. The molecule has 4 nitrogen and oxygen atoms in total. The van der Waals surface area contributed by atoms with Gasteiger partial charge in [0.15, 0.2) is 0 Å². The molecule has 1 unspecified atom stereocenters. The highest BCUT2D eigenvalue weighted by atomic mass is 32.1. The average molecular weight is 377 g/mol. The van der Waals surface area contributed by atoms with Crippen molar-refractivity contribution in [1.82, 2.24) is 10.2 Å². The van der Waals surface area contributed by atoms with Gasteiger partial charge in [0.2, 0.25) is 0 Å². The minimum Gasteiger partial charge on any atom is -0.469 e. The van der Waals surface area contributed by atoms with Crippen LogP contribution in [0.3, 0.4) is 0 Å². The predicted molar refractivity (Wildman–Crippen MR) is 109 cm³/mol. The maximum Gasteiger partial charge on any atom is 0.306 e. The summed E-state index contributed by atoms with van der Waals surface area (Å²) in [6.45, 7) is 7.65. The van der Waals surface area contributed by atoms with Crippen molar-refractivity contribution in [3.63, 3.8) is 0 Å². The van der Waals surface area contributed by atoms with Gasteiger partial charge >= 0.3 is 5.97 Å². The lowest BCUT2D eigenvalue weighted by atomic mass is 9.67. The zero-order valence-corrected chi connectivity index (χ0v) is 16.9. The number of carbonyl (C=O) groups is 1. The molecule has 1 aliphatic carbocycles. The van der Waals surface area contributed by atoms with E-state index in [1.165, 1.54) is 18.2 Å². The number of thiol groups is 1. The molecule has 1 saturated carbocycles. The third kappa shape index (κ3) is 5.02. The number of hydrogen-bond acceptors (Lipinski definition) is 5. The number of nitrogens with zero attached hydrogens (tertiary/aromatic N) is 1. The number of carbonyl (C=O) groups excluding carboxylic acids is 1. The van der Waals surface area contributed by atoms with E-state index in [2.05, 4.69) is 41.4 Å². The number of benzene rings is 1. The van der Waals surface area contributed by atoms with Gasteiger partial charge in [-0.1, -0.05) is 31.2 Å². The second-order valence-corrected chi connectivity index (χ2v) is 8.91. The lowest BCUT2D eigenvalue weighted by Crippen LogP contribution is -2.42. The molecule has 1 aromatic rings. The van der Waals surface area contributed by atoms with Crippen LogP contribution in [-0.4, -0.2) is 49.4 Å². The van der Waals surface area contributed by atoms with Crippen LogP contribution in [0.15, 0.2) is 24.3 Å². The predicted octanol–water partition coefficient (Wildman–Crippen LogP) is 3.23. The highest BCUT2D eigenvalue weighted by molar-refractivity contribution is 7.81. The van der Waals surface area contributed by atoms with Gasteiger partial charge in [-0.15, -0.1) is 0 Å². The van der Waals surface area contributed by atoms with Gasteiger partial charge in [-0.05, 0) is 41.7 Å². The molecule has 1 aliphatic heterocycles. The molecule has 26 heavy (non-hydrogen) atoms. The molecule has 1 heterocycles. The minimum absolute atomic E-state index is 0.0104. The largest absolute Gasteiger partial charge is 0.469 e. The van der Waals surface area contributed by atoms with Gasteiger partial charge in [0.25, 0.3) is 0 Å². The summed E-state index contributed by atoms with van der Waals surface area (Å²) in [4.78, 5) is 14.3. The lowest BCUT2D eigenvalue weighted by Gasteiger charge is -2.41. The molecule has 1 saturated heterocycles. The molecule has 2 aliphatic rings. The van der Waals surface area contributed by atoms with Gasteiger partial charge in [0.05, 0.1) is 13.5 Å². The van der Waals surface area contributed by atoms with Crippen LogP contribution in [0.4, 0.5) is 0 Å². The van der Waals surface area contributed by atoms with Crippen LogP contribution in [0.25, 0.3) is 0 Å². The van der Waals surface area contributed by atoms with E-state index in [1.807, 2.05) is 0 Å². The highest BCUT2D eigenvalue weighted by Gasteiger charge is 2.38. The number of hydrogen-bond donors (Lipinski definition) is 2. The molecule has 0 radical (unpaired) electrons. The Morgan fingerprint density at radius 1 is 1.31 bits per heavy atom. The normalized spacial score (nSPS) is 30.1. The van der Waals surface area contributed by atoms with Crippen molar-refractivity contribution in [1.29, 1.82) is 0 Å². The molecule has 0 aromatic heterocycles. The van der Waals surface area contributed by atoms with Gasteiger partial charge in [-0.25, -0.2) is 0 Å². The van der Waals surface area contributed by atoms with Crippen molar-refractivity contribution in [3.8, 4) is 0 Å². The van der Waals surface area contributed by atoms with Gasteiger partial charge in [-0.3, -0.25) is 9.69 Å². The standard InChI is InChI=1S/C21H32N2O2S/c1-21(14-20(24)25-2)8-7-19(26)18(13-21)17-5-3-16(4-6-17)15-23-11-9-22-10-12-23/h3-6,18-19,22,26H,7-15H2,1-2H3/t18-,19?,21+/m0/s1. The van der Waals surface area contributed by atoms with Crippen LogP contribution in [0.1, 0.15) is 49.7 Å². The van der Waals surface area contributed by atoms with Crippen molar-refractivity contribution in [2.45, 2.75) is 50.3 Å². The third-order valence-electron chi connectivity index (χ3n) is 6.04. The van der Waals surface area contributed by atoms with Crippen molar-refractivity contribution in [2.24, 2.45) is 5.41 Å². The fraction of sp³-hybridized carbons (Fsp3) is 0.667. The van der Waals surface area contributed by atoms with E-state index >= 15 is 0 Å². The molecule has 144 valence electrons. The molecule has 0 amide bonds. The summed E-state index contributed by atoms with van der Waals surface area (Å²) in [5, 5.41) is 3.76. The summed E-state index contributed by atoms with van der Waals surface area (Å²) >= 11 is 4.86. The van der Waals surface area contributed by atoms with Crippen molar-refractivity contribution < 1.29 is 9.53 Å². The highest BCUT2D eigenvalue weighted by Crippen LogP contribution is 2.47. The maximum atomic E-state index is 11.8. The average Bonchev–Trinajstić information content (AvgIpc) is 2.65. The Hall–Kier alpha value is -1.04. The summed E-state index contributed by atoms with van der Waals surface area (Å²) in [5.74, 6) is 0.296. The monoisotopic (exact) mass is 376 g/mol. The Kier molecular flexibility index (Phi) is 6.65. The Labute approximate surface area is 163 Å². The Balaban J connectivity index is 1.65. The Morgan fingerprint density at radius 2 is 2.00 bits per heavy atom. The number of piperazine rings is 1. The first-order valence-electron chi connectivity index (χ1n) is 9.76. The summed E-state index contributed by atoms with van der Waals surface area (Å²) in [6.07, 6.45) is 3.58. The zero-order valence-electron chi connectivity index (χ0n) is 16.0. The molecule has 3 atom stereocenters.